The molecule has 88 valence electrons. The molecular weight excluding hydrogens is 234 g/mol. The molecule has 1 N–H and O–H groups in total. The summed E-state index contributed by atoms with van der Waals surface area (Å²) in [6.07, 6.45) is 1.72. The topological polar surface area (TPSA) is 37.8 Å². The highest BCUT2D eigenvalue weighted by Gasteiger charge is 2.07. The minimum atomic E-state index is -0.0708. The number of hydrogen-bond acceptors (Lipinski definition) is 3. The van der Waals surface area contributed by atoms with Crippen LogP contribution in [0.3, 0.4) is 0 Å². The minimum absolute atomic E-state index is 0.0708. The third kappa shape index (κ3) is 3.43. The van der Waals surface area contributed by atoms with Gasteiger partial charge in [-0.05, 0) is 24.1 Å². The van der Waals surface area contributed by atoms with E-state index in [1.54, 1.807) is 6.20 Å². The molecule has 0 radical (unpaired) electrons. The minimum Gasteiger partial charge on any atom is -0.367 e. The van der Waals surface area contributed by atoms with Crippen LogP contribution in [-0.4, -0.2) is 16.7 Å². The number of aryl methyl sites for hydroxylation is 1. The van der Waals surface area contributed by atoms with Gasteiger partial charge in [0, 0.05) is 6.54 Å². The predicted octanol–water partition coefficient (Wildman–Crippen LogP) is 3.18. The van der Waals surface area contributed by atoms with Crippen LogP contribution in [0.5, 0.6) is 0 Å². The van der Waals surface area contributed by atoms with Crippen molar-refractivity contribution in [3.63, 3.8) is 0 Å². The van der Waals surface area contributed by atoms with Gasteiger partial charge in [0.15, 0.2) is 0 Å². The van der Waals surface area contributed by atoms with Gasteiger partial charge in [0.25, 0.3) is 0 Å². The second-order valence-corrected chi connectivity index (χ2v) is 4.40. The highest BCUT2D eigenvalue weighted by atomic mass is 35.5. The molecule has 17 heavy (non-hydrogen) atoms. The van der Waals surface area contributed by atoms with E-state index in [1.807, 2.05) is 43.3 Å². The van der Waals surface area contributed by atoms with E-state index in [-0.39, 0.29) is 5.38 Å². The Morgan fingerprint density at radius 1 is 1.29 bits per heavy atom. The number of nitrogens with zero attached hydrogens (tertiary/aromatic N) is 2. The summed E-state index contributed by atoms with van der Waals surface area (Å²) in [5.74, 6) is 0.756. The first kappa shape index (κ1) is 11.9. The first-order valence-electron chi connectivity index (χ1n) is 5.48. The molecule has 4 heteroatoms. The molecule has 0 bridgehead atoms. The van der Waals surface area contributed by atoms with E-state index in [2.05, 4.69) is 15.5 Å². The van der Waals surface area contributed by atoms with Gasteiger partial charge in [-0.15, -0.1) is 16.7 Å². The van der Waals surface area contributed by atoms with Crippen LogP contribution in [0.25, 0.3) is 0 Å². The largest absolute Gasteiger partial charge is 0.367 e. The summed E-state index contributed by atoms with van der Waals surface area (Å²) < 4.78 is 0. The van der Waals surface area contributed by atoms with Crippen LogP contribution < -0.4 is 5.32 Å². The number of halogens is 1. The summed E-state index contributed by atoms with van der Waals surface area (Å²) in [7, 11) is 0. The van der Waals surface area contributed by atoms with Crippen molar-refractivity contribution in [3.8, 4) is 0 Å². The van der Waals surface area contributed by atoms with Crippen LogP contribution in [-0.2, 0) is 0 Å². The quantitative estimate of drug-likeness (QED) is 0.844. The van der Waals surface area contributed by atoms with Crippen molar-refractivity contribution >= 4 is 17.4 Å². The predicted molar refractivity (Wildman–Crippen MR) is 70.3 cm³/mol. The van der Waals surface area contributed by atoms with E-state index >= 15 is 0 Å². The van der Waals surface area contributed by atoms with Gasteiger partial charge in [0.1, 0.15) is 5.82 Å². The molecule has 1 heterocycles. The molecule has 1 aromatic carbocycles. The lowest BCUT2D eigenvalue weighted by atomic mass is 10.1. The van der Waals surface area contributed by atoms with E-state index < -0.39 is 0 Å². The van der Waals surface area contributed by atoms with Crippen molar-refractivity contribution in [3.05, 3.63) is 53.7 Å². The molecule has 0 amide bonds. The molecule has 0 saturated carbocycles. The second-order valence-electron chi connectivity index (χ2n) is 3.88. The second kappa shape index (κ2) is 5.64. The van der Waals surface area contributed by atoms with E-state index in [4.69, 9.17) is 11.6 Å². The fourth-order valence-electron chi connectivity index (χ4n) is 1.52. The van der Waals surface area contributed by atoms with Gasteiger partial charge < -0.3 is 5.32 Å². The van der Waals surface area contributed by atoms with Gasteiger partial charge >= 0.3 is 0 Å². The fraction of sp³-hybridized carbons (Fsp3) is 0.231. The van der Waals surface area contributed by atoms with Gasteiger partial charge in [-0.25, -0.2) is 0 Å². The summed E-state index contributed by atoms with van der Waals surface area (Å²) in [5.41, 5.74) is 2.18. The Hall–Kier alpha value is -1.61. The number of nitrogens with one attached hydrogen (secondary N) is 1. The van der Waals surface area contributed by atoms with Crippen LogP contribution in [0, 0.1) is 6.92 Å². The Morgan fingerprint density at radius 3 is 2.76 bits per heavy atom. The zero-order chi connectivity index (χ0) is 12.1. The first-order chi connectivity index (χ1) is 8.25. The number of aromatic nitrogens is 2. The van der Waals surface area contributed by atoms with Crippen molar-refractivity contribution in [1.82, 2.24) is 10.2 Å². The Bertz CT molecular complexity index is 473. The SMILES string of the molecule is Cc1cnnc(NCC(Cl)c2ccccc2)c1. The van der Waals surface area contributed by atoms with Crippen molar-refractivity contribution in [2.45, 2.75) is 12.3 Å². The van der Waals surface area contributed by atoms with Crippen LogP contribution in [0.2, 0.25) is 0 Å². The summed E-state index contributed by atoms with van der Waals surface area (Å²) in [4.78, 5) is 0. The third-order valence-electron chi connectivity index (χ3n) is 2.41. The standard InChI is InChI=1S/C13H14ClN3/c1-10-7-13(17-16-8-10)15-9-12(14)11-5-3-2-4-6-11/h2-8,12H,9H2,1H3,(H,15,17). The molecular formula is C13H14ClN3. The highest BCUT2D eigenvalue weighted by molar-refractivity contribution is 6.21. The maximum absolute atomic E-state index is 6.29. The number of alkyl halides is 1. The third-order valence-corrected chi connectivity index (χ3v) is 2.82. The normalized spacial score (nSPS) is 12.1. The smallest absolute Gasteiger partial charge is 0.148 e. The van der Waals surface area contributed by atoms with E-state index in [0.29, 0.717) is 6.54 Å². The molecule has 1 aromatic heterocycles. The zero-order valence-corrected chi connectivity index (χ0v) is 10.4. The van der Waals surface area contributed by atoms with Crippen molar-refractivity contribution in [2.75, 3.05) is 11.9 Å². The lowest BCUT2D eigenvalue weighted by Gasteiger charge is -2.11. The van der Waals surface area contributed by atoms with Gasteiger partial charge in [-0.3, -0.25) is 0 Å². The Labute approximate surface area is 106 Å². The Morgan fingerprint density at radius 2 is 2.06 bits per heavy atom. The highest BCUT2D eigenvalue weighted by Crippen LogP contribution is 2.20. The number of anilines is 1. The van der Waals surface area contributed by atoms with Gasteiger partial charge in [-0.1, -0.05) is 30.3 Å². The summed E-state index contributed by atoms with van der Waals surface area (Å²) in [5, 5.41) is 11.0. The van der Waals surface area contributed by atoms with Gasteiger partial charge in [0.2, 0.25) is 0 Å². The summed E-state index contributed by atoms with van der Waals surface area (Å²) in [6, 6.07) is 11.9. The number of hydrogen-bond donors (Lipinski definition) is 1. The van der Waals surface area contributed by atoms with Crippen molar-refractivity contribution in [2.24, 2.45) is 0 Å². The Balaban J connectivity index is 1.95. The summed E-state index contributed by atoms with van der Waals surface area (Å²) in [6.45, 7) is 2.61. The molecule has 0 aliphatic carbocycles. The molecule has 0 fully saturated rings. The lowest BCUT2D eigenvalue weighted by molar-refractivity contribution is 0.938. The summed E-state index contributed by atoms with van der Waals surface area (Å²) >= 11 is 6.29. The maximum Gasteiger partial charge on any atom is 0.148 e. The molecule has 2 rings (SSSR count). The molecule has 0 spiro atoms. The zero-order valence-electron chi connectivity index (χ0n) is 9.60. The monoisotopic (exact) mass is 247 g/mol. The van der Waals surface area contributed by atoms with E-state index in [0.717, 1.165) is 16.9 Å². The number of benzene rings is 1. The maximum atomic E-state index is 6.29. The van der Waals surface area contributed by atoms with Crippen LogP contribution in [0.4, 0.5) is 5.82 Å². The van der Waals surface area contributed by atoms with Crippen LogP contribution >= 0.6 is 11.6 Å². The average Bonchev–Trinajstić information content (AvgIpc) is 2.37. The fourth-order valence-corrected chi connectivity index (χ4v) is 1.75. The molecule has 0 saturated heterocycles. The molecule has 3 nitrogen and oxygen atoms in total. The molecule has 1 atom stereocenters. The average molecular weight is 248 g/mol. The van der Waals surface area contributed by atoms with Gasteiger partial charge in [-0.2, -0.15) is 5.10 Å². The Kier molecular flexibility index (Phi) is 3.94. The first-order valence-corrected chi connectivity index (χ1v) is 5.91. The van der Waals surface area contributed by atoms with Crippen LogP contribution in [0.1, 0.15) is 16.5 Å². The molecule has 0 aliphatic heterocycles. The lowest BCUT2D eigenvalue weighted by Crippen LogP contribution is -2.09. The molecule has 1 unspecified atom stereocenters. The number of rotatable bonds is 4. The van der Waals surface area contributed by atoms with Crippen LogP contribution in [0.15, 0.2) is 42.6 Å². The van der Waals surface area contributed by atoms with Crippen molar-refractivity contribution < 1.29 is 0 Å². The molecule has 0 aliphatic rings. The van der Waals surface area contributed by atoms with Crippen molar-refractivity contribution in [1.29, 1.82) is 0 Å². The molecule has 2 aromatic rings. The van der Waals surface area contributed by atoms with E-state index in [9.17, 15) is 0 Å². The van der Waals surface area contributed by atoms with Gasteiger partial charge in [0.05, 0.1) is 11.6 Å². The van der Waals surface area contributed by atoms with E-state index in [1.165, 1.54) is 0 Å².